The first kappa shape index (κ1) is 41.6. The van der Waals surface area contributed by atoms with Gasteiger partial charge in [-0.25, -0.2) is 0 Å². The van der Waals surface area contributed by atoms with Crippen LogP contribution in [0.1, 0.15) is 201 Å². The van der Waals surface area contributed by atoms with Crippen LogP contribution in [0.2, 0.25) is 0 Å². The summed E-state index contributed by atoms with van der Waals surface area (Å²) < 4.78 is 0. The zero-order valence-electron chi connectivity index (χ0n) is 27.6. The van der Waals surface area contributed by atoms with Crippen molar-refractivity contribution in [1.29, 1.82) is 0 Å². The van der Waals surface area contributed by atoms with Crippen molar-refractivity contribution in [2.45, 2.75) is 207 Å². The molecule has 0 aromatic carbocycles. The molecule has 3 nitrogen and oxygen atoms in total. The molecule has 1 atom stereocenters. The molecule has 0 rings (SSSR count). The van der Waals surface area contributed by atoms with Crippen LogP contribution in [0.3, 0.4) is 0 Å². The molecule has 0 aromatic heterocycles. The molecule has 0 N–H and O–H groups in total. The summed E-state index contributed by atoms with van der Waals surface area (Å²) in [6.45, 7) is 8.50. The zero-order chi connectivity index (χ0) is 27.9. The van der Waals surface area contributed by atoms with Gasteiger partial charge in [-0.2, -0.15) is 0 Å². The number of carboxylic acid groups (broad SMARTS) is 1. The van der Waals surface area contributed by atoms with E-state index in [1.807, 2.05) is 0 Å². The summed E-state index contributed by atoms with van der Waals surface area (Å²) in [5, 5.41) is 11.8. The van der Waals surface area contributed by atoms with Gasteiger partial charge in [0.15, 0.2) is 0 Å². The van der Waals surface area contributed by atoms with Gasteiger partial charge in [0.1, 0.15) is 0 Å². The second-order valence-electron chi connectivity index (χ2n) is 12.1. The van der Waals surface area contributed by atoms with Crippen molar-refractivity contribution < 1.29 is 39.5 Å². The van der Waals surface area contributed by atoms with Gasteiger partial charge >= 0.3 is 29.6 Å². The van der Waals surface area contributed by atoms with E-state index in [-0.39, 0.29) is 29.6 Å². The first-order chi connectivity index (χ1) is 18.7. The molecule has 0 fully saturated rings. The number of hydrogen-bond acceptors (Lipinski definition) is 3. The number of nitrogens with zero attached hydrogens (tertiary/aromatic N) is 1. The third-order valence-corrected chi connectivity index (χ3v) is 8.37. The van der Waals surface area contributed by atoms with Crippen LogP contribution in [0, 0.1) is 0 Å². The van der Waals surface area contributed by atoms with E-state index in [4.69, 9.17) is 0 Å². The standard InChI is InChI=1S/C35H71NO2.Na/c1-4-7-9-11-13-15-17-19-21-23-25-27-29-32-36(34(31-6-3)35(37)38)33-30-28-26-24-22-20-18-16-14-12-10-8-5-2;/h34H,4-33H2,1-3H3,(H,37,38);/q;+1/p-1. The fraction of sp³-hybridized carbons (Fsp3) is 0.971. The van der Waals surface area contributed by atoms with Crippen LogP contribution in [-0.4, -0.2) is 30.0 Å². The van der Waals surface area contributed by atoms with E-state index < -0.39 is 12.0 Å². The summed E-state index contributed by atoms with van der Waals surface area (Å²) >= 11 is 0. The van der Waals surface area contributed by atoms with Crippen LogP contribution in [-0.2, 0) is 4.79 Å². The molecular weight excluding hydrogens is 489 g/mol. The molecule has 0 aliphatic rings. The summed E-state index contributed by atoms with van der Waals surface area (Å²) in [6, 6.07) is -0.394. The van der Waals surface area contributed by atoms with Crippen molar-refractivity contribution in [3.63, 3.8) is 0 Å². The fourth-order valence-electron chi connectivity index (χ4n) is 5.81. The van der Waals surface area contributed by atoms with Gasteiger partial charge in [0.2, 0.25) is 0 Å². The predicted octanol–water partition coefficient (Wildman–Crippen LogP) is 7.39. The maximum atomic E-state index is 11.8. The van der Waals surface area contributed by atoms with E-state index in [0.29, 0.717) is 0 Å². The van der Waals surface area contributed by atoms with E-state index in [9.17, 15) is 9.90 Å². The van der Waals surface area contributed by atoms with Crippen molar-refractivity contribution in [2.75, 3.05) is 13.1 Å². The molecule has 0 radical (unpaired) electrons. The van der Waals surface area contributed by atoms with Gasteiger partial charge in [-0.15, -0.1) is 0 Å². The van der Waals surface area contributed by atoms with Crippen LogP contribution < -0.4 is 34.7 Å². The number of aliphatic carboxylic acids is 1. The molecule has 0 spiro atoms. The van der Waals surface area contributed by atoms with Gasteiger partial charge in [0, 0.05) is 6.04 Å². The third kappa shape index (κ3) is 29.7. The van der Waals surface area contributed by atoms with Gasteiger partial charge in [0.25, 0.3) is 0 Å². The smallest absolute Gasteiger partial charge is 0.548 e. The zero-order valence-corrected chi connectivity index (χ0v) is 29.6. The van der Waals surface area contributed by atoms with Gasteiger partial charge in [-0.3, -0.25) is 4.90 Å². The molecule has 0 saturated carbocycles. The molecule has 0 aliphatic carbocycles. The monoisotopic (exact) mass is 560 g/mol. The minimum Gasteiger partial charge on any atom is -0.548 e. The maximum absolute atomic E-state index is 11.8. The Morgan fingerprint density at radius 3 is 0.949 bits per heavy atom. The number of unbranched alkanes of at least 4 members (excludes halogenated alkanes) is 24. The van der Waals surface area contributed by atoms with Gasteiger partial charge < -0.3 is 9.90 Å². The molecule has 0 bridgehead atoms. The molecule has 0 aliphatic heterocycles. The fourth-order valence-corrected chi connectivity index (χ4v) is 5.81. The number of rotatable bonds is 32. The largest absolute Gasteiger partial charge is 1.00 e. The third-order valence-electron chi connectivity index (χ3n) is 8.37. The normalized spacial score (nSPS) is 12.1. The first-order valence-corrected chi connectivity index (χ1v) is 17.6. The van der Waals surface area contributed by atoms with Crippen molar-refractivity contribution >= 4 is 5.97 Å². The van der Waals surface area contributed by atoms with Gasteiger partial charge in [-0.1, -0.05) is 181 Å². The Hall–Kier alpha value is 0.430. The van der Waals surface area contributed by atoms with Crippen LogP contribution >= 0.6 is 0 Å². The van der Waals surface area contributed by atoms with Gasteiger partial charge in [-0.05, 0) is 32.4 Å². The molecule has 39 heavy (non-hydrogen) atoms. The second-order valence-corrected chi connectivity index (χ2v) is 12.1. The van der Waals surface area contributed by atoms with E-state index in [2.05, 4.69) is 25.7 Å². The average molecular weight is 560 g/mol. The van der Waals surface area contributed by atoms with Crippen molar-refractivity contribution in [2.24, 2.45) is 0 Å². The maximum Gasteiger partial charge on any atom is 1.00 e. The quantitative estimate of drug-likeness (QED) is 0.0637. The summed E-state index contributed by atoms with van der Waals surface area (Å²) in [6.07, 6.45) is 36.8. The Balaban J connectivity index is 0. The summed E-state index contributed by atoms with van der Waals surface area (Å²) in [5.41, 5.74) is 0. The van der Waals surface area contributed by atoms with Crippen molar-refractivity contribution in [3.05, 3.63) is 0 Å². The molecular formula is C35H70NNaO2. The van der Waals surface area contributed by atoms with Crippen LogP contribution in [0.15, 0.2) is 0 Å². The summed E-state index contributed by atoms with van der Waals surface area (Å²) in [5.74, 6) is -0.865. The Bertz CT molecular complexity index is 444. The Labute approximate surface area is 268 Å². The Morgan fingerprint density at radius 2 is 0.718 bits per heavy atom. The number of carboxylic acids is 1. The Kier molecular flexibility index (Phi) is 36.9. The summed E-state index contributed by atoms with van der Waals surface area (Å²) in [7, 11) is 0. The topological polar surface area (TPSA) is 43.4 Å². The molecule has 4 heteroatoms. The van der Waals surface area contributed by atoms with Crippen LogP contribution in [0.25, 0.3) is 0 Å². The second kappa shape index (κ2) is 34.6. The Morgan fingerprint density at radius 1 is 0.462 bits per heavy atom. The molecule has 0 amide bonds. The van der Waals surface area contributed by atoms with Crippen molar-refractivity contribution in [1.82, 2.24) is 4.90 Å². The minimum atomic E-state index is -0.865. The predicted molar refractivity (Wildman–Crippen MR) is 167 cm³/mol. The van der Waals surface area contributed by atoms with E-state index in [0.717, 1.165) is 38.8 Å². The van der Waals surface area contributed by atoms with Gasteiger partial charge in [0.05, 0.1) is 5.97 Å². The molecule has 1 unspecified atom stereocenters. The SMILES string of the molecule is CCCCCCCCCCCCCCCN(CCCCCCCCCCCCCCC)C(CCC)C(=O)[O-].[Na+]. The first-order valence-electron chi connectivity index (χ1n) is 17.6. The number of carbonyl (C=O) groups is 1. The van der Waals surface area contributed by atoms with E-state index in [1.165, 1.54) is 154 Å². The number of carbonyl (C=O) groups excluding carboxylic acids is 1. The van der Waals surface area contributed by atoms with E-state index in [1.54, 1.807) is 0 Å². The van der Waals surface area contributed by atoms with Crippen LogP contribution in [0.4, 0.5) is 0 Å². The number of hydrogen-bond donors (Lipinski definition) is 0. The molecule has 228 valence electrons. The molecule has 0 heterocycles. The molecule has 0 aromatic rings. The molecule has 0 saturated heterocycles. The van der Waals surface area contributed by atoms with E-state index >= 15 is 0 Å². The summed E-state index contributed by atoms with van der Waals surface area (Å²) in [4.78, 5) is 14.1. The van der Waals surface area contributed by atoms with Crippen molar-refractivity contribution in [3.8, 4) is 0 Å². The average Bonchev–Trinajstić information content (AvgIpc) is 2.91. The minimum absolute atomic E-state index is 0. The van der Waals surface area contributed by atoms with Crippen LogP contribution in [0.5, 0.6) is 0 Å².